The molecule has 7 heteroatoms. The monoisotopic (exact) mass is 302 g/mol. The van der Waals surface area contributed by atoms with Crippen molar-refractivity contribution < 1.29 is 17.9 Å². The van der Waals surface area contributed by atoms with Crippen LogP contribution in [0.1, 0.15) is 24.8 Å². The summed E-state index contributed by atoms with van der Waals surface area (Å²) in [6, 6.07) is 3.94. The van der Waals surface area contributed by atoms with Crippen LogP contribution < -0.4 is 4.72 Å². The van der Waals surface area contributed by atoms with Gasteiger partial charge in [0.1, 0.15) is 5.82 Å². The van der Waals surface area contributed by atoms with Crippen LogP contribution in [-0.4, -0.2) is 37.0 Å². The first-order valence-corrected chi connectivity index (χ1v) is 8.05. The molecule has 20 heavy (non-hydrogen) atoms. The van der Waals surface area contributed by atoms with Gasteiger partial charge in [-0.05, 0) is 31.4 Å². The molecule has 1 heterocycles. The number of piperidine rings is 1. The van der Waals surface area contributed by atoms with E-state index in [-0.39, 0.29) is 12.3 Å². The summed E-state index contributed by atoms with van der Waals surface area (Å²) in [4.78, 5) is 0. The molecule has 1 fully saturated rings. The molecule has 0 aliphatic carbocycles. The zero-order chi connectivity index (χ0) is 14.8. The second-order valence-electron chi connectivity index (χ2n) is 4.98. The highest BCUT2D eigenvalue weighted by Crippen LogP contribution is 2.25. The molecule has 112 valence electrons. The first-order valence-electron chi connectivity index (χ1n) is 6.61. The van der Waals surface area contributed by atoms with E-state index < -0.39 is 22.1 Å². The maximum absolute atomic E-state index is 13.7. The number of hydrogen-bond acceptors (Lipinski definition) is 3. The first-order chi connectivity index (χ1) is 9.45. The van der Waals surface area contributed by atoms with Gasteiger partial charge in [-0.3, -0.25) is 4.72 Å². The molecule has 0 bridgehead atoms. The number of nitrogens with one attached hydrogen (secondary N) is 1. The zero-order valence-corrected chi connectivity index (χ0v) is 12.2. The van der Waals surface area contributed by atoms with Crippen LogP contribution in [0.4, 0.5) is 10.1 Å². The number of aliphatic hydroxyl groups excluding tert-OH is 1. The summed E-state index contributed by atoms with van der Waals surface area (Å²) in [6.45, 7) is 1.76. The summed E-state index contributed by atoms with van der Waals surface area (Å²) >= 11 is 0. The number of benzene rings is 1. The lowest BCUT2D eigenvalue weighted by atomic mass is 10.1. The predicted molar refractivity (Wildman–Crippen MR) is 75.1 cm³/mol. The van der Waals surface area contributed by atoms with Crippen molar-refractivity contribution in [1.29, 1.82) is 0 Å². The number of anilines is 1. The van der Waals surface area contributed by atoms with Crippen LogP contribution in [0.3, 0.4) is 0 Å². The molecule has 0 amide bonds. The minimum Gasteiger partial charge on any atom is -0.395 e. The molecule has 2 N–H and O–H groups in total. The predicted octanol–water partition coefficient (Wildman–Crippen LogP) is 1.64. The minimum atomic E-state index is -3.86. The molecule has 0 aromatic heterocycles. The number of hydrogen-bond donors (Lipinski definition) is 2. The van der Waals surface area contributed by atoms with Crippen molar-refractivity contribution in [2.24, 2.45) is 0 Å². The third kappa shape index (κ3) is 3.11. The Bertz CT molecular complexity index is 557. The fourth-order valence-corrected chi connectivity index (χ4v) is 3.99. The number of halogens is 1. The molecule has 0 radical (unpaired) electrons. The second-order valence-corrected chi connectivity index (χ2v) is 6.61. The van der Waals surface area contributed by atoms with Gasteiger partial charge in [0, 0.05) is 12.6 Å². The van der Waals surface area contributed by atoms with Crippen molar-refractivity contribution in [2.75, 3.05) is 17.9 Å². The van der Waals surface area contributed by atoms with E-state index in [2.05, 4.69) is 4.72 Å². The van der Waals surface area contributed by atoms with Crippen molar-refractivity contribution in [3.63, 3.8) is 0 Å². The van der Waals surface area contributed by atoms with E-state index in [1.807, 2.05) is 0 Å². The lowest BCUT2D eigenvalue weighted by Gasteiger charge is -2.33. The average Bonchev–Trinajstić information content (AvgIpc) is 2.43. The number of nitrogens with zero attached hydrogens (tertiary/aromatic N) is 1. The maximum Gasteiger partial charge on any atom is 0.302 e. The van der Waals surface area contributed by atoms with Gasteiger partial charge in [0.05, 0.1) is 12.3 Å². The number of rotatable bonds is 4. The Hall–Kier alpha value is -1.18. The third-order valence-corrected chi connectivity index (χ3v) is 5.11. The van der Waals surface area contributed by atoms with Crippen molar-refractivity contribution in [2.45, 2.75) is 32.2 Å². The molecule has 0 saturated carbocycles. The Kier molecular flexibility index (Phi) is 4.62. The summed E-state index contributed by atoms with van der Waals surface area (Å²) in [5, 5.41) is 9.29. The fraction of sp³-hybridized carbons (Fsp3) is 0.538. The van der Waals surface area contributed by atoms with Crippen LogP contribution in [0.2, 0.25) is 0 Å². The molecule has 5 nitrogen and oxygen atoms in total. The molecule has 1 aliphatic rings. The highest BCUT2D eigenvalue weighted by atomic mass is 32.2. The Morgan fingerprint density at radius 3 is 2.85 bits per heavy atom. The van der Waals surface area contributed by atoms with Gasteiger partial charge in [-0.15, -0.1) is 0 Å². The molecule has 1 aromatic carbocycles. The SMILES string of the molecule is Cc1cccc(F)c1NS(=O)(=O)N1CCCCC1CO. The summed E-state index contributed by atoms with van der Waals surface area (Å²) in [7, 11) is -3.86. The van der Waals surface area contributed by atoms with Crippen molar-refractivity contribution in [3.05, 3.63) is 29.6 Å². The molecule has 1 aromatic rings. The van der Waals surface area contributed by atoms with E-state index in [9.17, 15) is 17.9 Å². The van der Waals surface area contributed by atoms with E-state index in [0.717, 1.165) is 12.8 Å². The highest BCUT2D eigenvalue weighted by Gasteiger charge is 2.32. The maximum atomic E-state index is 13.7. The van der Waals surface area contributed by atoms with Gasteiger partial charge < -0.3 is 5.11 Å². The van der Waals surface area contributed by atoms with Gasteiger partial charge >= 0.3 is 10.2 Å². The minimum absolute atomic E-state index is 0.0326. The lowest BCUT2D eigenvalue weighted by Crippen LogP contribution is -2.48. The molecule has 1 aliphatic heterocycles. The van der Waals surface area contributed by atoms with E-state index in [0.29, 0.717) is 18.5 Å². The summed E-state index contributed by atoms with van der Waals surface area (Å²) in [6.07, 6.45) is 2.25. The smallest absolute Gasteiger partial charge is 0.302 e. The Labute approximate surface area is 118 Å². The van der Waals surface area contributed by atoms with Gasteiger partial charge in [0.2, 0.25) is 0 Å². The summed E-state index contributed by atoms with van der Waals surface area (Å²) in [5.41, 5.74) is 0.487. The average molecular weight is 302 g/mol. The van der Waals surface area contributed by atoms with Crippen LogP contribution >= 0.6 is 0 Å². The summed E-state index contributed by atoms with van der Waals surface area (Å²) in [5.74, 6) is -0.605. The Morgan fingerprint density at radius 2 is 2.20 bits per heavy atom. The summed E-state index contributed by atoms with van der Waals surface area (Å²) < 4.78 is 42.0. The largest absolute Gasteiger partial charge is 0.395 e. The van der Waals surface area contributed by atoms with Crippen LogP contribution in [0.5, 0.6) is 0 Å². The zero-order valence-electron chi connectivity index (χ0n) is 11.3. The number of para-hydroxylation sites is 1. The first kappa shape index (κ1) is 15.2. The molecular formula is C13H19FN2O3S. The molecule has 1 atom stereocenters. The quantitative estimate of drug-likeness (QED) is 0.888. The van der Waals surface area contributed by atoms with Gasteiger partial charge in [-0.2, -0.15) is 12.7 Å². The molecule has 1 saturated heterocycles. The molecule has 1 unspecified atom stereocenters. The number of aryl methyl sites for hydroxylation is 1. The van der Waals surface area contributed by atoms with Gasteiger partial charge in [0.25, 0.3) is 0 Å². The number of aliphatic hydroxyl groups is 1. The fourth-order valence-electron chi connectivity index (χ4n) is 2.42. The molecule has 0 spiro atoms. The lowest BCUT2D eigenvalue weighted by molar-refractivity contribution is 0.156. The van der Waals surface area contributed by atoms with Crippen LogP contribution in [-0.2, 0) is 10.2 Å². The van der Waals surface area contributed by atoms with E-state index in [1.165, 1.54) is 16.4 Å². The van der Waals surface area contributed by atoms with E-state index in [4.69, 9.17) is 0 Å². The Balaban J connectivity index is 2.26. The van der Waals surface area contributed by atoms with Crippen LogP contribution in [0, 0.1) is 12.7 Å². The molecule has 2 rings (SSSR count). The van der Waals surface area contributed by atoms with Gasteiger partial charge in [-0.1, -0.05) is 18.6 Å². The van der Waals surface area contributed by atoms with E-state index in [1.54, 1.807) is 13.0 Å². The van der Waals surface area contributed by atoms with Crippen LogP contribution in [0.15, 0.2) is 18.2 Å². The van der Waals surface area contributed by atoms with Crippen molar-refractivity contribution >= 4 is 15.9 Å². The van der Waals surface area contributed by atoms with Crippen LogP contribution in [0.25, 0.3) is 0 Å². The normalized spacial score (nSPS) is 20.9. The van der Waals surface area contributed by atoms with Crippen molar-refractivity contribution in [3.8, 4) is 0 Å². The topological polar surface area (TPSA) is 69.6 Å². The molecular weight excluding hydrogens is 283 g/mol. The van der Waals surface area contributed by atoms with Gasteiger partial charge in [0.15, 0.2) is 0 Å². The van der Waals surface area contributed by atoms with Gasteiger partial charge in [-0.25, -0.2) is 4.39 Å². The standard InChI is InChI=1S/C13H19FN2O3S/c1-10-5-4-7-12(14)13(10)15-20(18,19)16-8-3-2-6-11(16)9-17/h4-5,7,11,15,17H,2-3,6,8-9H2,1H3. The van der Waals surface area contributed by atoms with E-state index >= 15 is 0 Å². The van der Waals surface area contributed by atoms with Crippen molar-refractivity contribution in [1.82, 2.24) is 4.31 Å². The Morgan fingerprint density at radius 1 is 1.45 bits per heavy atom. The third-order valence-electron chi connectivity index (χ3n) is 3.55. The highest BCUT2D eigenvalue weighted by molar-refractivity contribution is 7.90. The second kappa shape index (κ2) is 6.07.